The molecule has 0 aliphatic carbocycles. The number of nitrogens with one attached hydrogen (secondary N) is 1. The Bertz CT molecular complexity index is 1140. The lowest BCUT2D eigenvalue weighted by Crippen LogP contribution is -2.49. The molecule has 0 aromatic heterocycles. The van der Waals surface area contributed by atoms with E-state index in [0.717, 1.165) is 11.0 Å². The summed E-state index contributed by atoms with van der Waals surface area (Å²) in [6.45, 7) is 0.734. The van der Waals surface area contributed by atoms with Gasteiger partial charge in [-0.2, -0.15) is 5.26 Å². The van der Waals surface area contributed by atoms with E-state index >= 15 is 0 Å². The maximum atomic E-state index is 13.0. The Morgan fingerprint density at radius 3 is 2.70 bits per heavy atom. The molecule has 0 bridgehead atoms. The number of nitro groups is 1. The van der Waals surface area contributed by atoms with Crippen molar-refractivity contribution in [3.05, 3.63) is 80.5 Å². The molecule has 3 N–H and O–H groups in total. The molecule has 0 saturated carbocycles. The van der Waals surface area contributed by atoms with Gasteiger partial charge in [0, 0.05) is 11.8 Å². The number of anilines is 1. The zero-order valence-electron chi connectivity index (χ0n) is 15.8. The fraction of sp³-hybridized carbons (Fsp3) is 0.150. The fourth-order valence-corrected chi connectivity index (χ4v) is 3.40. The molecule has 30 heavy (non-hydrogen) atoms. The Labute approximate surface area is 170 Å². The van der Waals surface area contributed by atoms with Crippen molar-refractivity contribution in [2.75, 3.05) is 4.90 Å². The van der Waals surface area contributed by atoms with E-state index in [-0.39, 0.29) is 22.4 Å². The van der Waals surface area contributed by atoms with Crippen LogP contribution < -0.4 is 16.0 Å². The van der Waals surface area contributed by atoms with Crippen LogP contribution in [0.2, 0.25) is 0 Å². The average molecular weight is 409 g/mol. The number of allylic oxidation sites excluding steroid dienone is 1. The van der Waals surface area contributed by atoms with Gasteiger partial charge in [-0.15, -0.1) is 0 Å². The predicted molar refractivity (Wildman–Crippen MR) is 105 cm³/mol. The fourth-order valence-electron chi connectivity index (χ4n) is 3.40. The molecular weight excluding hydrogens is 393 g/mol. The van der Waals surface area contributed by atoms with E-state index in [1.54, 1.807) is 18.2 Å². The summed E-state index contributed by atoms with van der Waals surface area (Å²) < 4.78 is 13.0. The van der Waals surface area contributed by atoms with E-state index in [1.165, 1.54) is 25.1 Å². The molecule has 1 atom stereocenters. The highest BCUT2D eigenvalue weighted by atomic mass is 19.1. The van der Waals surface area contributed by atoms with Crippen molar-refractivity contribution in [1.29, 1.82) is 5.26 Å². The van der Waals surface area contributed by atoms with Gasteiger partial charge in [0.2, 0.25) is 5.91 Å². The molecule has 0 spiro atoms. The van der Waals surface area contributed by atoms with Crippen molar-refractivity contribution < 1.29 is 18.9 Å². The van der Waals surface area contributed by atoms with Gasteiger partial charge in [-0.25, -0.2) is 9.18 Å². The number of nitriles is 1. The van der Waals surface area contributed by atoms with Crippen molar-refractivity contribution in [1.82, 2.24) is 5.32 Å². The monoisotopic (exact) mass is 409 g/mol. The highest BCUT2D eigenvalue weighted by Gasteiger charge is 2.38. The molecule has 1 aliphatic rings. The Kier molecular flexibility index (Phi) is 5.46. The number of carbonyl (C=O) groups is 2. The summed E-state index contributed by atoms with van der Waals surface area (Å²) in [5.41, 5.74) is 5.93. The topological polar surface area (TPSA) is 142 Å². The molecule has 3 amide bonds. The van der Waals surface area contributed by atoms with Crippen molar-refractivity contribution in [2.24, 2.45) is 5.73 Å². The minimum absolute atomic E-state index is 0.0117. The lowest BCUT2D eigenvalue weighted by Gasteiger charge is -2.35. The molecule has 0 radical (unpaired) electrons. The highest BCUT2D eigenvalue weighted by Crippen LogP contribution is 2.37. The Morgan fingerprint density at radius 1 is 1.37 bits per heavy atom. The SMILES string of the molecule is CC1=C(C(N)=O)[C@@H](c2ccc(C#N)cc2[N+](=O)[O-])NC(=O)N1c1cccc(CF)c1. The first-order valence-electron chi connectivity index (χ1n) is 8.73. The quantitative estimate of drug-likeness (QED) is 0.576. The van der Waals surface area contributed by atoms with Crippen LogP contribution in [0.3, 0.4) is 0 Å². The van der Waals surface area contributed by atoms with E-state index in [1.807, 2.05) is 6.07 Å². The molecule has 152 valence electrons. The van der Waals surface area contributed by atoms with Crippen LogP contribution in [0.1, 0.15) is 29.7 Å². The van der Waals surface area contributed by atoms with Crippen LogP contribution in [-0.4, -0.2) is 16.9 Å². The molecule has 0 saturated heterocycles. The van der Waals surface area contributed by atoms with Crippen LogP contribution in [0.15, 0.2) is 53.7 Å². The Hall–Kier alpha value is -4.26. The Balaban J connectivity index is 2.19. The van der Waals surface area contributed by atoms with Gasteiger partial charge in [0.15, 0.2) is 0 Å². The number of carbonyl (C=O) groups excluding carboxylic acids is 2. The minimum atomic E-state index is -1.19. The largest absolute Gasteiger partial charge is 0.366 e. The van der Waals surface area contributed by atoms with Crippen molar-refractivity contribution in [3.8, 4) is 6.07 Å². The lowest BCUT2D eigenvalue weighted by molar-refractivity contribution is -0.385. The summed E-state index contributed by atoms with van der Waals surface area (Å²) in [6.07, 6.45) is 0. The van der Waals surface area contributed by atoms with Crippen LogP contribution in [0.25, 0.3) is 0 Å². The molecule has 3 rings (SSSR count). The van der Waals surface area contributed by atoms with Gasteiger partial charge in [0.05, 0.1) is 39.4 Å². The molecule has 9 nitrogen and oxygen atoms in total. The molecule has 0 unspecified atom stereocenters. The van der Waals surface area contributed by atoms with E-state index in [9.17, 15) is 24.1 Å². The van der Waals surface area contributed by atoms with Crippen LogP contribution in [0.4, 0.5) is 20.6 Å². The summed E-state index contributed by atoms with van der Waals surface area (Å²) in [4.78, 5) is 37.1. The van der Waals surface area contributed by atoms with Crippen LogP contribution in [-0.2, 0) is 11.5 Å². The number of urea groups is 1. The number of nitrogens with two attached hydrogens (primary N) is 1. The third-order valence-corrected chi connectivity index (χ3v) is 4.74. The first-order chi connectivity index (χ1) is 14.3. The molecule has 1 aliphatic heterocycles. The summed E-state index contributed by atoms with van der Waals surface area (Å²) in [5.74, 6) is -0.886. The molecule has 10 heteroatoms. The number of benzene rings is 2. The number of amides is 3. The van der Waals surface area contributed by atoms with Crippen LogP contribution >= 0.6 is 0 Å². The zero-order valence-corrected chi connectivity index (χ0v) is 15.8. The van der Waals surface area contributed by atoms with Crippen LogP contribution in [0, 0.1) is 21.4 Å². The number of alkyl halides is 1. The average Bonchev–Trinajstić information content (AvgIpc) is 2.72. The second-order valence-corrected chi connectivity index (χ2v) is 6.53. The van der Waals surface area contributed by atoms with Gasteiger partial charge in [0.1, 0.15) is 6.67 Å². The minimum Gasteiger partial charge on any atom is -0.366 e. The van der Waals surface area contributed by atoms with Gasteiger partial charge in [-0.05, 0) is 36.8 Å². The highest BCUT2D eigenvalue weighted by molar-refractivity contribution is 6.04. The van der Waals surface area contributed by atoms with Crippen LogP contribution in [0.5, 0.6) is 0 Å². The van der Waals surface area contributed by atoms with E-state index in [0.29, 0.717) is 11.3 Å². The number of hydrogen-bond acceptors (Lipinski definition) is 5. The number of hydrogen-bond donors (Lipinski definition) is 2. The molecule has 0 fully saturated rings. The van der Waals surface area contributed by atoms with Gasteiger partial charge in [-0.3, -0.25) is 19.8 Å². The van der Waals surface area contributed by atoms with Gasteiger partial charge >= 0.3 is 6.03 Å². The van der Waals surface area contributed by atoms with Crippen molar-refractivity contribution >= 4 is 23.3 Å². The zero-order chi connectivity index (χ0) is 22.0. The number of halogens is 1. The number of rotatable bonds is 5. The number of primary amides is 1. The van der Waals surface area contributed by atoms with Crippen molar-refractivity contribution in [3.63, 3.8) is 0 Å². The first-order valence-corrected chi connectivity index (χ1v) is 8.73. The van der Waals surface area contributed by atoms with Crippen molar-refractivity contribution in [2.45, 2.75) is 19.6 Å². The lowest BCUT2D eigenvalue weighted by atomic mass is 9.92. The van der Waals surface area contributed by atoms with Gasteiger partial charge in [0.25, 0.3) is 5.69 Å². The normalized spacial score (nSPS) is 16.1. The standard InChI is InChI=1S/C20H16FN5O4/c1-11-17(19(23)27)18(15-6-5-13(10-22)8-16(15)26(29)30)24-20(28)25(11)14-4-2-3-12(7-14)9-21/h2-8,18H,9H2,1H3,(H2,23,27)(H,24,28)/t18-/m1/s1. The second-order valence-electron chi connectivity index (χ2n) is 6.53. The van der Waals surface area contributed by atoms with E-state index in [2.05, 4.69) is 5.32 Å². The van der Waals surface area contributed by atoms with Gasteiger partial charge in [-0.1, -0.05) is 12.1 Å². The predicted octanol–water partition coefficient (Wildman–Crippen LogP) is 2.97. The molecule has 2 aromatic rings. The van der Waals surface area contributed by atoms with Gasteiger partial charge < -0.3 is 11.1 Å². The third-order valence-electron chi connectivity index (χ3n) is 4.74. The van der Waals surface area contributed by atoms with E-state index < -0.39 is 35.3 Å². The first kappa shape index (κ1) is 20.5. The molecular formula is C20H16FN5O4. The maximum Gasteiger partial charge on any atom is 0.327 e. The molecule has 1 heterocycles. The molecule has 2 aromatic carbocycles. The van der Waals surface area contributed by atoms with E-state index in [4.69, 9.17) is 11.0 Å². The summed E-state index contributed by atoms with van der Waals surface area (Å²) >= 11 is 0. The second kappa shape index (κ2) is 8.00. The summed E-state index contributed by atoms with van der Waals surface area (Å²) in [7, 11) is 0. The smallest absolute Gasteiger partial charge is 0.327 e. The Morgan fingerprint density at radius 2 is 2.10 bits per heavy atom. The third kappa shape index (κ3) is 3.56. The summed E-state index contributed by atoms with van der Waals surface area (Å²) in [5, 5.41) is 23.1. The summed E-state index contributed by atoms with van der Waals surface area (Å²) in [6, 6.07) is 9.78. The maximum absolute atomic E-state index is 13.0. The number of nitro benzene ring substituents is 1. The number of nitrogens with zero attached hydrogens (tertiary/aromatic N) is 3.